The smallest absolute Gasteiger partial charge is 0.247 e. The second kappa shape index (κ2) is 3.59. The fourth-order valence-electron chi connectivity index (χ4n) is 0.763. The van der Waals surface area contributed by atoms with E-state index in [4.69, 9.17) is 0 Å². The predicted molar refractivity (Wildman–Crippen MR) is 39.0 cm³/mol. The molecule has 0 aromatic rings. The van der Waals surface area contributed by atoms with E-state index >= 15 is 0 Å². The summed E-state index contributed by atoms with van der Waals surface area (Å²) >= 11 is 0. The standard InChI is InChI=1S/C8H15O2/c1-8(2,3)6-4-5-7(9)10/h4-6H2,1-3H3. The second-order valence-electron chi connectivity index (χ2n) is 3.79. The fraction of sp³-hybridized carbons (Fsp3) is 0.875. The molecule has 2 nitrogen and oxygen atoms in total. The van der Waals surface area contributed by atoms with E-state index in [1.807, 2.05) is 0 Å². The molecule has 0 aliphatic carbocycles. The molecule has 2 heteroatoms. The summed E-state index contributed by atoms with van der Waals surface area (Å²) in [5.74, 6) is -0.941. The van der Waals surface area contributed by atoms with Crippen molar-refractivity contribution < 1.29 is 9.90 Å². The maximum absolute atomic E-state index is 9.97. The summed E-state index contributed by atoms with van der Waals surface area (Å²) in [5, 5.41) is 9.97. The normalized spacial score (nSPS) is 11.5. The van der Waals surface area contributed by atoms with Crippen molar-refractivity contribution in [2.45, 2.75) is 40.0 Å². The maximum atomic E-state index is 9.97. The highest BCUT2D eigenvalue weighted by molar-refractivity contribution is 5.66. The first-order valence-electron chi connectivity index (χ1n) is 3.62. The molecule has 10 heavy (non-hydrogen) atoms. The Kier molecular flexibility index (Phi) is 3.40. The number of carbonyl (C=O) groups excluding carboxylic acids is 1. The van der Waals surface area contributed by atoms with Crippen LogP contribution in [0.15, 0.2) is 0 Å². The summed E-state index contributed by atoms with van der Waals surface area (Å²) in [6.07, 6.45) is 1.87. The summed E-state index contributed by atoms with van der Waals surface area (Å²) in [6.45, 7) is 6.30. The van der Waals surface area contributed by atoms with E-state index in [2.05, 4.69) is 20.8 Å². The largest absolute Gasteiger partial charge is 0.355 e. The van der Waals surface area contributed by atoms with Gasteiger partial charge in [-0.1, -0.05) is 20.8 Å². The molecule has 0 heterocycles. The van der Waals surface area contributed by atoms with Gasteiger partial charge in [0.2, 0.25) is 0 Å². The van der Waals surface area contributed by atoms with Gasteiger partial charge in [0.15, 0.2) is 0 Å². The zero-order chi connectivity index (χ0) is 8.20. The van der Waals surface area contributed by atoms with E-state index in [0.29, 0.717) is 0 Å². The van der Waals surface area contributed by atoms with E-state index in [1.165, 1.54) is 0 Å². The van der Waals surface area contributed by atoms with E-state index in [1.54, 1.807) is 0 Å². The van der Waals surface area contributed by atoms with E-state index < -0.39 is 5.97 Å². The highest BCUT2D eigenvalue weighted by Crippen LogP contribution is 2.21. The molecule has 0 aliphatic rings. The first-order valence-corrected chi connectivity index (χ1v) is 3.62. The first-order chi connectivity index (χ1) is 4.42. The molecule has 0 amide bonds. The van der Waals surface area contributed by atoms with Gasteiger partial charge in [0, 0.05) is 0 Å². The van der Waals surface area contributed by atoms with Crippen molar-refractivity contribution >= 4 is 5.97 Å². The van der Waals surface area contributed by atoms with Crippen LogP contribution in [0, 0.1) is 5.41 Å². The Balaban J connectivity index is 3.29. The average molecular weight is 143 g/mol. The van der Waals surface area contributed by atoms with E-state index in [9.17, 15) is 9.90 Å². The molecule has 0 atom stereocenters. The van der Waals surface area contributed by atoms with Crippen molar-refractivity contribution in [1.82, 2.24) is 0 Å². The van der Waals surface area contributed by atoms with Crippen molar-refractivity contribution in [3.63, 3.8) is 0 Å². The molecular formula is C8H15O2. The Morgan fingerprint density at radius 2 is 1.80 bits per heavy atom. The van der Waals surface area contributed by atoms with Crippen molar-refractivity contribution in [2.75, 3.05) is 0 Å². The number of rotatable bonds is 3. The minimum atomic E-state index is -0.941. The second-order valence-corrected chi connectivity index (χ2v) is 3.79. The van der Waals surface area contributed by atoms with Gasteiger partial charge in [-0.2, -0.15) is 0 Å². The lowest BCUT2D eigenvalue weighted by Crippen LogP contribution is -2.05. The summed E-state index contributed by atoms with van der Waals surface area (Å²) in [7, 11) is 0. The van der Waals surface area contributed by atoms with Gasteiger partial charge in [0.1, 0.15) is 0 Å². The van der Waals surface area contributed by atoms with Gasteiger partial charge in [-0.15, -0.1) is 0 Å². The Morgan fingerprint density at radius 3 is 2.10 bits per heavy atom. The van der Waals surface area contributed by atoms with Crippen LogP contribution in [-0.4, -0.2) is 5.97 Å². The van der Waals surface area contributed by atoms with Gasteiger partial charge >= 0.3 is 5.97 Å². The van der Waals surface area contributed by atoms with Crippen LogP contribution >= 0.6 is 0 Å². The van der Waals surface area contributed by atoms with E-state index in [-0.39, 0.29) is 11.8 Å². The summed E-state index contributed by atoms with van der Waals surface area (Å²) < 4.78 is 0. The van der Waals surface area contributed by atoms with Crippen LogP contribution in [0.1, 0.15) is 40.0 Å². The van der Waals surface area contributed by atoms with Gasteiger partial charge in [-0.3, -0.25) is 0 Å². The van der Waals surface area contributed by atoms with Gasteiger partial charge in [0.25, 0.3) is 0 Å². The van der Waals surface area contributed by atoms with E-state index in [0.717, 1.165) is 12.8 Å². The Labute approximate surface area is 62.2 Å². The van der Waals surface area contributed by atoms with Crippen LogP contribution in [-0.2, 0) is 9.90 Å². The summed E-state index contributed by atoms with van der Waals surface area (Å²) in [4.78, 5) is 9.97. The molecule has 0 saturated carbocycles. The third kappa shape index (κ3) is 7.47. The molecule has 0 aliphatic heterocycles. The number of hydrogen-bond donors (Lipinski definition) is 0. The SMILES string of the molecule is CC(C)(C)CCCC([O])=O. The van der Waals surface area contributed by atoms with Gasteiger partial charge < -0.3 is 0 Å². The Morgan fingerprint density at radius 1 is 1.30 bits per heavy atom. The van der Waals surface area contributed by atoms with Crippen LogP contribution in [0.25, 0.3) is 0 Å². The molecule has 0 fully saturated rings. The molecular weight excluding hydrogens is 128 g/mol. The fourth-order valence-corrected chi connectivity index (χ4v) is 0.763. The minimum Gasteiger partial charge on any atom is -0.247 e. The van der Waals surface area contributed by atoms with Crippen LogP contribution in [0.4, 0.5) is 0 Å². The molecule has 0 N–H and O–H groups in total. The quantitative estimate of drug-likeness (QED) is 0.596. The molecule has 0 bridgehead atoms. The molecule has 0 rings (SSSR count). The lowest BCUT2D eigenvalue weighted by atomic mass is 9.90. The lowest BCUT2D eigenvalue weighted by Gasteiger charge is -2.16. The Bertz CT molecular complexity index is 111. The summed E-state index contributed by atoms with van der Waals surface area (Å²) in [6, 6.07) is 0. The van der Waals surface area contributed by atoms with Gasteiger partial charge in [-0.25, -0.2) is 9.90 Å². The zero-order valence-electron chi connectivity index (χ0n) is 6.94. The van der Waals surface area contributed by atoms with Crippen LogP contribution < -0.4 is 0 Å². The number of carbonyl (C=O) groups is 1. The monoisotopic (exact) mass is 143 g/mol. The highest BCUT2D eigenvalue weighted by Gasteiger charge is 2.10. The first kappa shape index (κ1) is 9.47. The van der Waals surface area contributed by atoms with Crippen LogP contribution in [0.2, 0.25) is 0 Å². The lowest BCUT2D eigenvalue weighted by molar-refractivity contribution is -0.143. The maximum Gasteiger partial charge on any atom is 0.355 e. The molecule has 0 spiro atoms. The molecule has 0 saturated heterocycles. The zero-order valence-corrected chi connectivity index (χ0v) is 6.94. The summed E-state index contributed by atoms with van der Waals surface area (Å²) in [5.41, 5.74) is 0.245. The third-order valence-electron chi connectivity index (χ3n) is 1.31. The third-order valence-corrected chi connectivity index (χ3v) is 1.31. The minimum absolute atomic E-state index is 0.192. The van der Waals surface area contributed by atoms with Gasteiger partial charge in [0.05, 0.1) is 6.42 Å². The van der Waals surface area contributed by atoms with Crippen LogP contribution in [0.3, 0.4) is 0 Å². The topological polar surface area (TPSA) is 37.0 Å². The highest BCUT2D eigenvalue weighted by atomic mass is 16.4. The average Bonchev–Trinajstić information content (AvgIpc) is 1.59. The van der Waals surface area contributed by atoms with Crippen LogP contribution in [0.5, 0.6) is 0 Å². The number of hydrogen-bond acceptors (Lipinski definition) is 1. The molecule has 59 valence electrons. The van der Waals surface area contributed by atoms with Crippen molar-refractivity contribution in [2.24, 2.45) is 5.41 Å². The molecule has 0 aromatic heterocycles. The predicted octanol–water partition coefficient (Wildman–Crippen LogP) is 2.16. The van der Waals surface area contributed by atoms with Gasteiger partial charge in [-0.05, 0) is 18.3 Å². The van der Waals surface area contributed by atoms with Crippen molar-refractivity contribution in [3.05, 3.63) is 0 Å². The molecule has 1 radical (unpaired) electrons. The Hall–Kier alpha value is -0.530. The molecule has 0 aromatic carbocycles. The molecule has 0 unspecified atom stereocenters. The van der Waals surface area contributed by atoms with Crippen molar-refractivity contribution in [1.29, 1.82) is 0 Å². The van der Waals surface area contributed by atoms with Crippen molar-refractivity contribution in [3.8, 4) is 0 Å².